The summed E-state index contributed by atoms with van der Waals surface area (Å²) >= 11 is 0. The van der Waals surface area contributed by atoms with Gasteiger partial charge < -0.3 is 10.1 Å². The lowest BCUT2D eigenvalue weighted by Gasteiger charge is -2.35. The Hall–Kier alpha value is -3.32. The van der Waals surface area contributed by atoms with Crippen LogP contribution >= 0.6 is 0 Å². The lowest BCUT2D eigenvalue weighted by Crippen LogP contribution is -2.51. The van der Waals surface area contributed by atoms with Gasteiger partial charge in [0.15, 0.2) is 6.10 Å². The number of hydrogen-bond donors (Lipinski definition) is 1. The van der Waals surface area contributed by atoms with Crippen LogP contribution in [0.4, 0.5) is 5.69 Å². The number of nitrogens with zero attached hydrogens (tertiary/aromatic N) is 1. The van der Waals surface area contributed by atoms with Crippen LogP contribution < -0.4 is 14.4 Å². The Morgan fingerprint density at radius 3 is 2.41 bits per heavy atom. The minimum atomic E-state index is -3.90. The highest BCUT2D eigenvalue weighted by atomic mass is 32.2. The zero-order valence-corrected chi connectivity index (χ0v) is 22.5. The lowest BCUT2D eigenvalue weighted by atomic mass is 9.88. The van der Waals surface area contributed by atoms with Crippen LogP contribution in [0.1, 0.15) is 60.0 Å². The van der Waals surface area contributed by atoms with Gasteiger partial charge in [-0.1, -0.05) is 48.9 Å². The fraction of sp³-hybridized carbons (Fsp3) is 0.367. The monoisotopic (exact) mass is 518 g/mol. The molecule has 1 aliphatic carbocycles. The van der Waals surface area contributed by atoms with Crippen LogP contribution in [0.25, 0.3) is 0 Å². The number of rotatable bonds is 6. The first-order valence-electron chi connectivity index (χ1n) is 13.0. The molecular weight excluding hydrogens is 484 g/mol. The van der Waals surface area contributed by atoms with Gasteiger partial charge in [0, 0.05) is 0 Å². The summed E-state index contributed by atoms with van der Waals surface area (Å²) in [4.78, 5) is 13.7. The standard InChI is InChI=1S/C30H34N2O4S/c1-4-26(24-13-12-22-7-5-6-8-23(22)18-24)31-30(33)29-19-32(27-17-21(3)11-16-28(27)36-29)37(34,35)25-14-9-20(2)10-15-25/h9-18,26,29H,4-8,19H2,1-3H3,(H,31,33). The summed E-state index contributed by atoms with van der Waals surface area (Å²) in [5.74, 6) is 0.0643. The average molecular weight is 519 g/mol. The van der Waals surface area contributed by atoms with Crippen LogP contribution in [0.3, 0.4) is 0 Å². The van der Waals surface area contributed by atoms with E-state index in [1.807, 2.05) is 26.8 Å². The Bertz CT molecular complexity index is 1420. The highest BCUT2D eigenvalue weighted by molar-refractivity contribution is 7.92. The van der Waals surface area contributed by atoms with Gasteiger partial charge >= 0.3 is 0 Å². The third kappa shape index (κ3) is 5.10. The van der Waals surface area contributed by atoms with Crippen molar-refractivity contribution in [2.75, 3.05) is 10.8 Å². The van der Waals surface area contributed by atoms with Gasteiger partial charge in [-0.3, -0.25) is 9.10 Å². The number of anilines is 1. The molecule has 5 rings (SSSR count). The van der Waals surface area contributed by atoms with E-state index in [0.29, 0.717) is 11.4 Å². The first kappa shape index (κ1) is 25.3. The molecular formula is C30H34N2O4S. The Morgan fingerprint density at radius 2 is 1.68 bits per heavy atom. The molecule has 0 radical (unpaired) electrons. The van der Waals surface area contributed by atoms with E-state index in [2.05, 4.69) is 23.5 Å². The van der Waals surface area contributed by atoms with Crippen LogP contribution in [0.5, 0.6) is 5.75 Å². The summed E-state index contributed by atoms with van der Waals surface area (Å²) in [5.41, 5.74) is 6.18. The van der Waals surface area contributed by atoms with Crippen molar-refractivity contribution in [3.63, 3.8) is 0 Å². The molecule has 2 unspecified atom stereocenters. The van der Waals surface area contributed by atoms with E-state index in [1.165, 1.54) is 28.3 Å². The second-order valence-corrected chi connectivity index (χ2v) is 12.0. The van der Waals surface area contributed by atoms with Gasteiger partial charge in [-0.25, -0.2) is 8.42 Å². The molecule has 0 bridgehead atoms. The van der Waals surface area contributed by atoms with Gasteiger partial charge in [-0.05, 0) is 92.5 Å². The molecule has 3 aromatic carbocycles. The zero-order chi connectivity index (χ0) is 26.2. The molecule has 0 aromatic heterocycles. The van der Waals surface area contributed by atoms with Gasteiger partial charge in [-0.2, -0.15) is 0 Å². The maximum absolute atomic E-state index is 13.7. The number of nitrogens with one attached hydrogen (secondary N) is 1. The Kier molecular flexibility index (Phi) is 6.99. The number of fused-ring (bicyclic) bond motifs is 2. The van der Waals surface area contributed by atoms with Gasteiger partial charge in [0.1, 0.15) is 5.75 Å². The minimum Gasteiger partial charge on any atom is -0.476 e. The third-order valence-corrected chi connectivity index (χ3v) is 9.18. The zero-order valence-electron chi connectivity index (χ0n) is 21.7. The molecule has 7 heteroatoms. The van der Waals surface area contributed by atoms with Crippen molar-refractivity contribution in [3.05, 3.63) is 88.5 Å². The fourth-order valence-corrected chi connectivity index (χ4v) is 6.69. The van der Waals surface area contributed by atoms with E-state index in [9.17, 15) is 13.2 Å². The summed E-state index contributed by atoms with van der Waals surface area (Å²) in [6.07, 6.45) is 4.35. The number of carbonyl (C=O) groups is 1. The van der Waals surface area contributed by atoms with Crippen molar-refractivity contribution in [1.82, 2.24) is 5.32 Å². The predicted molar refractivity (Wildman–Crippen MR) is 146 cm³/mol. The van der Waals surface area contributed by atoms with Crippen LogP contribution in [-0.4, -0.2) is 27.0 Å². The molecule has 1 heterocycles. The normalized spacial score (nSPS) is 17.8. The van der Waals surface area contributed by atoms with Crippen molar-refractivity contribution in [1.29, 1.82) is 0 Å². The average Bonchev–Trinajstić information content (AvgIpc) is 2.91. The molecule has 2 atom stereocenters. The third-order valence-electron chi connectivity index (χ3n) is 7.39. The molecule has 1 amide bonds. The summed E-state index contributed by atoms with van der Waals surface area (Å²) in [7, 11) is -3.90. The molecule has 37 heavy (non-hydrogen) atoms. The quantitative estimate of drug-likeness (QED) is 0.474. The van der Waals surface area contributed by atoms with Crippen LogP contribution in [0, 0.1) is 13.8 Å². The summed E-state index contributed by atoms with van der Waals surface area (Å²) < 4.78 is 34.8. The summed E-state index contributed by atoms with van der Waals surface area (Å²) in [5, 5.41) is 3.14. The number of benzene rings is 3. The molecule has 0 fully saturated rings. The second kappa shape index (κ2) is 10.2. The van der Waals surface area contributed by atoms with E-state index < -0.39 is 16.1 Å². The Morgan fingerprint density at radius 1 is 0.973 bits per heavy atom. The molecule has 6 nitrogen and oxygen atoms in total. The summed E-state index contributed by atoms with van der Waals surface area (Å²) in [6.45, 7) is 5.76. The van der Waals surface area contributed by atoms with Crippen molar-refractivity contribution in [2.45, 2.75) is 69.9 Å². The second-order valence-electron chi connectivity index (χ2n) is 10.1. The Labute approximate surface area is 219 Å². The Balaban J connectivity index is 1.42. The smallest absolute Gasteiger partial charge is 0.264 e. The van der Waals surface area contributed by atoms with Gasteiger partial charge in [0.05, 0.1) is 23.2 Å². The van der Waals surface area contributed by atoms with E-state index in [4.69, 9.17) is 4.74 Å². The maximum Gasteiger partial charge on any atom is 0.264 e. The van der Waals surface area contributed by atoms with E-state index in [1.54, 1.807) is 36.4 Å². The maximum atomic E-state index is 13.7. The van der Waals surface area contributed by atoms with Gasteiger partial charge in [0.2, 0.25) is 0 Å². The van der Waals surface area contributed by atoms with Gasteiger partial charge in [-0.15, -0.1) is 0 Å². The number of sulfonamides is 1. The fourth-order valence-electron chi connectivity index (χ4n) is 5.22. The molecule has 3 aromatic rings. The van der Waals surface area contributed by atoms with Crippen molar-refractivity contribution < 1.29 is 17.9 Å². The number of amides is 1. The van der Waals surface area contributed by atoms with Crippen molar-refractivity contribution in [2.24, 2.45) is 0 Å². The predicted octanol–water partition coefficient (Wildman–Crippen LogP) is 5.41. The number of aryl methyl sites for hydroxylation is 4. The molecule has 2 aliphatic rings. The van der Waals surface area contributed by atoms with Crippen molar-refractivity contribution in [3.8, 4) is 5.75 Å². The SMILES string of the molecule is CCC(NC(=O)C1CN(S(=O)(=O)c2ccc(C)cc2)c2cc(C)ccc2O1)c1ccc2c(c1)CCCC2. The van der Waals surface area contributed by atoms with Crippen LogP contribution in [-0.2, 0) is 27.7 Å². The molecule has 0 spiro atoms. The molecule has 194 valence electrons. The molecule has 0 saturated carbocycles. The lowest BCUT2D eigenvalue weighted by molar-refractivity contribution is -0.128. The first-order chi connectivity index (χ1) is 17.8. The molecule has 1 aliphatic heterocycles. The van der Waals surface area contributed by atoms with Gasteiger partial charge in [0.25, 0.3) is 15.9 Å². The molecule has 1 N–H and O–H groups in total. The van der Waals surface area contributed by atoms with Crippen LogP contribution in [0.15, 0.2) is 65.6 Å². The van der Waals surface area contributed by atoms with E-state index in [-0.39, 0.29) is 23.4 Å². The van der Waals surface area contributed by atoms with Crippen LogP contribution in [0.2, 0.25) is 0 Å². The van der Waals surface area contributed by atoms with E-state index in [0.717, 1.165) is 36.0 Å². The number of ether oxygens (including phenoxy) is 1. The number of hydrogen-bond acceptors (Lipinski definition) is 4. The van der Waals surface area contributed by atoms with E-state index >= 15 is 0 Å². The largest absolute Gasteiger partial charge is 0.476 e. The highest BCUT2D eigenvalue weighted by Gasteiger charge is 2.38. The molecule has 0 saturated heterocycles. The number of carbonyl (C=O) groups excluding carboxylic acids is 1. The van der Waals surface area contributed by atoms with Crippen molar-refractivity contribution >= 4 is 21.6 Å². The summed E-state index contributed by atoms with van der Waals surface area (Å²) in [6, 6.07) is 18.5. The topological polar surface area (TPSA) is 75.7 Å². The first-order valence-corrected chi connectivity index (χ1v) is 14.5. The minimum absolute atomic E-state index is 0.0981. The highest BCUT2D eigenvalue weighted by Crippen LogP contribution is 2.38.